The Morgan fingerprint density at radius 3 is 2.75 bits per heavy atom. The molecule has 1 heterocycles. The number of hydrazone groups is 1. The topological polar surface area (TPSA) is 55.4 Å². The van der Waals surface area contributed by atoms with Crippen LogP contribution < -0.4 is 10.7 Å². The molecule has 2 aromatic rings. The van der Waals surface area contributed by atoms with Gasteiger partial charge in [0.25, 0.3) is 0 Å². The normalized spacial score (nSPS) is 11.9. The maximum Gasteiger partial charge on any atom is 0.186 e. The number of benzene rings is 1. The van der Waals surface area contributed by atoms with Gasteiger partial charge in [-0.25, -0.2) is 0 Å². The molecule has 3 N–H and O–H groups in total. The number of para-hydroxylation sites is 1. The molecule has 0 spiro atoms. The number of H-pyrrole nitrogens is 1. The number of rotatable bonds is 8. The zero-order valence-corrected chi connectivity index (χ0v) is 15.5. The molecule has 0 aliphatic carbocycles. The van der Waals surface area contributed by atoms with Crippen molar-refractivity contribution in [2.24, 2.45) is 5.10 Å². The van der Waals surface area contributed by atoms with Crippen molar-refractivity contribution in [2.75, 3.05) is 26.2 Å². The highest BCUT2D eigenvalue weighted by Gasteiger charge is 2.06. The summed E-state index contributed by atoms with van der Waals surface area (Å²) >= 11 is 5.28. The van der Waals surface area contributed by atoms with E-state index in [0.29, 0.717) is 5.11 Å². The second-order valence-electron chi connectivity index (χ2n) is 5.69. The lowest BCUT2D eigenvalue weighted by Crippen LogP contribution is -2.35. The molecule has 0 saturated heterocycles. The van der Waals surface area contributed by atoms with Gasteiger partial charge in [0.05, 0.1) is 5.71 Å². The Morgan fingerprint density at radius 2 is 2.00 bits per heavy atom. The van der Waals surface area contributed by atoms with Gasteiger partial charge in [0, 0.05) is 29.2 Å². The maximum atomic E-state index is 5.28. The van der Waals surface area contributed by atoms with Crippen LogP contribution in [0.15, 0.2) is 35.6 Å². The summed E-state index contributed by atoms with van der Waals surface area (Å²) in [5.41, 5.74) is 6.03. The lowest BCUT2D eigenvalue weighted by molar-refractivity contribution is 0.300. The predicted octanol–water partition coefficient (Wildman–Crippen LogP) is 3.09. The highest BCUT2D eigenvalue weighted by Crippen LogP contribution is 2.18. The van der Waals surface area contributed by atoms with Gasteiger partial charge < -0.3 is 15.2 Å². The van der Waals surface area contributed by atoms with Crippen molar-refractivity contribution in [3.8, 4) is 0 Å². The lowest BCUT2D eigenvalue weighted by atomic mass is 10.1. The van der Waals surface area contributed by atoms with E-state index in [2.05, 4.69) is 51.7 Å². The van der Waals surface area contributed by atoms with Crippen molar-refractivity contribution in [1.82, 2.24) is 20.6 Å². The van der Waals surface area contributed by atoms with Crippen LogP contribution in [0.1, 0.15) is 32.8 Å². The highest BCUT2D eigenvalue weighted by molar-refractivity contribution is 7.80. The molecule has 0 amide bonds. The third-order valence-corrected chi connectivity index (χ3v) is 4.37. The monoisotopic (exact) mass is 345 g/mol. The van der Waals surface area contributed by atoms with Crippen molar-refractivity contribution in [2.45, 2.75) is 27.2 Å². The second-order valence-corrected chi connectivity index (χ2v) is 6.10. The van der Waals surface area contributed by atoms with Gasteiger partial charge >= 0.3 is 0 Å². The number of nitrogens with one attached hydrogen (secondary N) is 3. The van der Waals surface area contributed by atoms with Crippen LogP contribution in [0.5, 0.6) is 0 Å². The largest absolute Gasteiger partial charge is 0.361 e. The summed E-state index contributed by atoms with van der Waals surface area (Å²) in [7, 11) is 0. The molecule has 6 heteroatoms. The van der Waals surface area contributed by atoms with Gasteiger partial charge in [0.1, 0.15) is 0 Å². The molecule has 0 bridgehead atoms. The Kier molecular flexibility index (Phi) is 7.21. The van der Waals surface area contributed by atoms with Crippen molar-refractivity contribution in [1.29, 1.82) is 0 Å². The zero-order chi connectivity index (χ0) is 17.4. The Balaban J connectivity index is 1.81. The molecule has 1 aromatic heterocycles. The molecule has 0 saturated carbocycles. The van der Waals surface area contributed by atoms with Gasteiger partial charge in [-0.1, -0.05) is 32.0 Å². The molecule has 0 unspecified atom stereocenters. The maximum absolute atomic E-state index is 5.28. The van der Waals surface area contributed by atoms with Gasteiger partial charge in [-0.2, -0.15) is 5.10 Å². The average Bonchev–Trinajstić information content (AvgIpc) is 3.04. The van der Waals surface area contributed by atoms with E-state index in [1.54, 1.807) is 0 Å². The quantitative estimate of drug-likeness (QED) is 0.298. The van der Waals surface area contributed by atoms with Gasteiger partial charge in [0.2, 0.25) is 0 Å². The third-order valence-electron chi connectivity index (χ3n) is 4.14. The van der Waals surface area contributed by atoms with Gasteiger partial charge in [-0.15, -0.1) is 0 Å². The van der Waals surface area contributed by atoms with E-state index in [4.69, 9.17) is 12.2 Å². The number of nitrogens with zero attached hydrogens (tertiary/aromatic N) is 2. The Bertz CT molecular complexity index is 688. The van der Waals surface area contributed by atoms with Crippen LogP contribution in [0.3, 0.4) is 0 Å². The third kappa shape index (κ3) is 5.04. The summed E-state index contributed by atoms with van der Waals surface area (Å²) in [4.78, 5) is 5.66. The SMILES string of the molecule is CCN(CC)CCCNC(=S)N/N=C(\C)c1c[nH]c2ccccc12. The lowest BCUT2D eigenvalue weighted by Gasteiger charge is -2.17. The molecule has 0 aliphatic heterocycles. The minimum atomic E-state index is 0.564. The first kappa shape index (κ1) is 18.4. The minimum absolute atomic E-state index is 0.564. The van der Waals surface area contributed by atoms with Gasteiger partial charge in [0.15, 0.2) is 5.11 Å². The van der Waals surface area contributed by atoms with E-state index >= 15 is 0 Å². The van der Waals surface area contributed by atoms with Crippen molar-refractivity contribution >= 4 is 33.9 Å². The Morgan fingerprint density at radius 1 is 1.25 bits per heavy atom. The summed E-state index contributed by atoms with van der Waals surface area (Å²) in [5, 5.41) is 9.33. The molecule has 5 nitrogen and oxygen atoms in total. The molecular weight excluding hydrogens is 318 g/mol. The fraction of sp³-hybridized carbons (Fsp3) is 0.444. The molecule has 130 valence electrons. The van der Waals surface area contributed by atoms with E-state index < -0.39 is 0 Å². The number of hydrogen-bond acceptors (Lipinski definition) is 3. The first-order valence-corrected chi connectivity index (χ1v) is 8.93. The van der Waals surface area contributed by atoms with Crippen molar-refractivity contribution < 1.29 is 0 Å². The fourth-order valence-electron chi connectivity index (χ4n) is 2.65. The summed E-state index contributed by atoms with van der Waals surface area (Å²) in [6.07, 6.45) is 3.04. The summed E-state index contributed by atoms with van der Waals surface area (Å²) < 4.78 is 0. The second kappa shape index (κ2) is 9.39. The molecule has 1 aromatic carbocycles. The molecular formula is C18H27N5S. The molecule has 2 rings (SSSR count). The number of aromatic amines is 1. The Hall–Kier alpha value is -1.92. The first-order chi connectivity index (χ1) is 11.7. The summed E-state index contributed by atoms with van der Waals surface area (Å²) in [6.45, 7) is 10.5. The molecule has 0 aliphatic rings. The number of fused-ring (bicyclic) bond motifs is 1. The van der Waals surface area contributed by atoms with Crippen molar-refractivity contribution in [3.05, 3.63) is 36.0 Å². The standard InChI is InChI=1S/C18H27N5S/c1-4-23(5-2)12-8-11-19-18(24)22-21-14(3)16-13-20-17-10-7-6-9-15(16)17/h6-7,9-10,13,20H,4-5,8,11-12H2,1-3H3,(H2,19,22,24)/b21-14+. The van der Waals surface area contributed by atoms with E-state index in [1.807, 2.05) is 25.3 Å². The van der Waals surface area contributed by atoms with E-state index in [-0.39, 0.29) is 0 Å². The molecule has 0 fully saturated rings. The summed E-state index contributed by atoms with van der Waals surface area (Å²) in [6, 6.07) is 8.19. The minimum Gasteiger partial charge on any atom is -0.361 e. The van der Waals surface area contributed by atoms with Crippen LogP contribution in [0.4, 0.5) is 0 Å². The highest BCUT2D eigenvalue weighted by atomic mass is 32.1. The van der Waals surface area contributed by atoms with Crippen LogP contribution in [0.25, 0.3) is 10.9 Å². The smallest absolute Gasteiger partial charge is 0.186 e. The van der Waals surface area contributed by atoms with E-state index in [9.17, 15) is 0 Å². The number of thiocarbonyl (C=S) groups is 1. The van der Waals surface area contributed by atoms with E-state index in [1.165, 1.54) is 5.39 Å². The average molecular weight is 346 g/mol. The van der Waals surface area contributed by atoms with Crippen LogP contribution in [0, 0.1) is 0 Å². The van der Waals surface area contributed by atoms with Crippen molar-refractivity contribution in [3.63, 3.8) is 0 Å². The van der Waals surface area contributed by atoms with Gasteiger partial charge in [-0.3, -0.25) is 5.43 Å². The first-order valence-electron chi connectivity index (χ1n) is 8.52. The van der Waals surface area contributed by atoms with Crippen LogP contribution in [0.2, 0.25) is 0 Å². The number of aromatic nitrogens is 1. The summed E-state index contributed by atoms with van der Waals surface area (Å²) in [5.74, 6) is 0. The Labute approximate surface area is 149 Å². The van der Waals surface area contributed by atoms with Gasteiger partial charge in [-0.05, 0) is 51.3 Å². The van der Waals surface area contributed by atoms with E-state index in [0.717, 1.165) is 49.4 Å². The van der Waals surface area contributed by atoms with Crippen LogP contribution in [-0.4, -0.2) is 46.9 Å². The molecule has 24 heavy (non-hydrogen) atoms. The van der Waals surface area contributed by atoms with Crippen LogP contribution >= 0.6 is 12.2 Å². The molecule has 0 atom stereocenters. The predicted molar refractivity (Wildman–Crippen MR) is 107 cm³/mol. The fourth-order valence-corrected chi connectivity index (χ4v) is 2.80. The zero-order valence-electron chi connectivity index (χ0n) is 14.7. The molecule has 0 radical (unpaired) electrons. The number of hydrogen-bond donors (Lipinski definition) is 3. The van der Waals surface area contributed by atoms with Crippen LogP contribution in [-0.2, 0) is 0 Å².